The van der Waals surface area contributed by atoms with Gasteiger partial charge in [-0.1, -0.05) is 6.92 Å². The van der Waals surface area contributed by atoms with Crippen LogP contribution < -0.4 is 15.5 Å². The van der Waals surface area contributed by atoms with E-state index in [-0.39, 0.29) is 18.4 Å². The average Bonchev–Trinajstić information content (AvgIpc) is 2.42. The van der Waals surface area contributed by atoms with Gasteiger partial charge in [-0.25, -0.2) is 9.97 Å². The molecular formula is C14H21N5O2. The van der Waals surface area contributed by atoms with E-state index in [1.54, 1.807) is 18.7 Å². The molecule has 21 heavy (non-hydrogen) atoms. The first-order chi connectivity index (χ1) is 9.87. The predicted molar refractivity (Wildman–Crippen MR) is 80.1 cm³/mol. The third kappa shape index (κ3) is 2.81. The molecule has 2 amide bonds. The number of nitrogens with zero attached hydrogens (tertiary/aromatic N) is 3. The topological polar surface area (TPSA) is 87.2 Å². The summed E-state index contributed by atoms with van der Waals surface area (Å²) in [5.74, 6) is 0.702. The number of carbonyl (C=O) groups excluding carboxylic acids is 2. The molecule has 7 heteroatoms. The normalized spacial score (nSPS) is 17.6. The Bertz CT molecular complexity index is 570. The van der Waals surface area contributed by atoms with Crippen LogP contribution in [-0.2, 0) is 9.59 Å². The first kappa shape index (κ1) is 15.2. The van der Waals surface area contributed by atoms with Crippen LogP contribution in [0.15, 0.2) is 6.33 Å². The molecule has 0 saturated carbocycles. The monoisotopic (exact) mass is 291 g/mol. The second-order valence-corrected chi connectivity index (χ2v) is 5.62. The molecule has 2 rings (SSSR count). The van der Waals surface area contributed by atoms with Crippen LogP contribution in [0.1, 0.15) is 32.8 Å². The number of rotatable bonds is 4. The van der Waals surface area contributed by atoms with Gasteiger partial charge in [0.15, 0.2) is 0 Å². The van der Waals surface area contributed by atoms with E-state index in [1.165, 1.54) is 6.33 Å². The van der Waals surface area contributed by atoms with Crippen molar-refractivity contribution >= 4 is 23.5 Å². The Hall–Kier alpha value is -2.18. The molecule has 114 valence electrons. The van der Waals surface area contributed by atoms with E-state index in [0.29, 0.717) is 5.82 Å². The molecule has 0 bridgehead atoms. The molecule has 0 atom stereocenters. The summed E-state index contributed by atoms with van der Waals surface area (Å²) in [4.78, 5) is 34.0. The van der Waals surface area contributed by atoms with E-state index in [1.807, 2.05) is 6.92 Å². The minimum Gasteiger partial charge on any atom is -0.370 e. The van der Waals surface area contributed by atoms with Gasteiger partial charge in [-0.15, -0.1) is 0 Å². The highest BCUT2D eigenvalue weighted by atomic mass is 16.2. The van der Waals surface area contributed by atoms with Gasteiger partial charge < -0.3 is 10.2 Å². The van der Waals surface area contributed by atoms with E-state index in [9.17, 15) is 9.59 Å². The summed E-state index contributed by atoms with van der Waals surface area (Å²) in [6.07, 6.45) is 2.43. The maximum Gasteiger partial charge on any atom is 0.251 e. The quantitative estimate of drug-likeness (QED) is 0.800. The van der Waals surface area contributed by atoms with Gasteiger partial charge in [0, 0.05) is 12.1 Å². The summed E-state index contributed by atoms with van der Waals surface area (Å²) in [6.45, 7) is 8.41. The van der Waals surface area contributed by atoms with Crippen LogP contribution in [0.3, 0.4) is 0 Å². The summed E-state index contributed by atoms with van der Waals surface area (Å²) in [5, 5.41) is 5.59. The third-order valence-electron chi connectivity index (χ3n) is 3.64. The second-order valence-electron chi connectivity index (χ2n) is 5.62. The number of hydrogen-bond acceptors (Lipinski definition) is 6. The molecule has 0 radical (unpaired) electrons. The van der Waals surface area contributed by atoms with Crippen molar-refractivity contribution in [3.63, 3.8) is 0 Å². The second kappa shape index (κ2) is 5.67. The van der Waals surface area contributed by atoms with Crippen molar-refractivity contribution in [3.8, 4) is 0 Å². The lowest BCUT2D eigenvalue weighted by Gasteiger charge is -2.41. The average molecular weight is 291 g/mol. The molecule has 1 aromatic rings. The molecule has 1 aliphatic heterocycles. The minimum atomic E-state index is -0.838. The summed E-state index contributed by atoms with van der Waals surface area (Å²) in [6, 6.07) is 0. The molecule has 0 aromatic carbocycles. The largest absolute Gasteiger partial charge is 0.370 e. The minimum absolute atomic E-state index is 0.101. The van der Waals surface area contributed by atoms with Crippen LogP contribution in [-0.4, -0.2) is 40.4 Å². The number of piperazine rings is 1. The van der Waals surface area contributed by atoms with Gasteiger partial charge in [-0.3, -0.25) is 14.9 Å². The Labute approximate surface area is 124 Å². The number of aromatic nitrogens is 2. The Morgan fingerprint density at radius 1 is 1.38 bits per heavy atom. The van der Waals surface area contributed by atoms with Gasteiger partial charge in [0.1, 0.15) is 23.5 Å². The van der Waals surface area contributed by atoms with Crippen LogP contribution in [0.2, 0.25) is 0 Å². The fraction of sp³-hybridized carbons (Fsp3) is 0.571. The number of amides is 2. The smallest absolute Gasteiger partial charge is 0.251 e. The van der Waals surface area contributed by atoms with Crippen LogP contribution in [0, 0.1) is 6.92 Å². The Balaban J connectivity index is 2.40. The summed E-state index contributed by atoms with van der Waals surface area (Å²) in [7, 11) is 0. The molecule has 1 aromatic heterocycles. The Morgan fingerprint density at radius 2 is 2.10 bits per heavy atom. The summed E-state index contributed by atoms with van der Waals surface area (Å²) in [5.41, 5.74) is -0.00350. The summed E-state index contributed by atoms with van der Waals surface area (Å²) >= 11 is 0. The molecule has 1 aliphatic rings. The lowest BCUT2D eigenvalue weighted by molar-refractivity contribution is -0.135. The highest BCUT2D eigenvalue weighted by molar-refractivity contribution is 6.06. The molecule has 0 spiro atoms. The first-order valence-electron chi connectivity index (χ1n) is 7.05. The van der Waals surface area contributed by atoms with Crippen LogP contribution in [0.25, 0.3) is 0 Å². The number of hydrogen-bond donors (Lipinski definition) is 2. The highest BCUT2D eigenvalue weighted by Crippen LogP contribution is 2.29. The zero-order valence-corrected chi connectivity index (χ0v) is 12.9. The molecule has 7 nitrogen and oxygen atoms in total. The van der Waals surface area contributed by atoms with Gasteiger partial charge in [0.25, 0.3) is 5.91 Å². The number of nitrogens with one attached hydrogen (secondary N) is 2. The maximum absolute atomic E-state index is 12.0. The number of carbonyl (C=O) groups is 2. The van der Waals surface area contributed by atoms with Crippen LogP contribution >= 0.6 is 0 Å². The fourth-order valence-electron chi connectivity index (χ4n) is 2.26. The van der Waals surface area contributed by atoms with Crippen molar-refractivity contribution in [2.75, 3.05) is 23.3 Å². The Kier molecular flexibility index (Phi) is 4.11. The molecule has 2 heterocycles. The van der Waals surface area contributed by atoms with E-state index in [2.05, 4.69) is 27.5 Å². The molecule has 0 unspecified atom stereocenters. The first-order valence-corrected chi connectivity index (χ1v) is 7.05. The van der Waals surface area contributed by atoms with E-state index >= 15 is 0 Å². The van der Waals surface area contributed by atoms with E-state index in [0.717, 1.165) is 24.3 Å². The fourth-order valence-corrected chi connectivity index (χ4v) is 2.26. The van der Waals surface area contributed by atoms with Gasteiger partial charge in [-0.05, 0) is 27.2 Å². The van der Waals surface area contributed by atoms with Gasteiger partial charge in [0.2, 0.25) is 5.91 Å². The van der Waals surface area contributed by atoms with Gasteiger partial charge in [-0.2, -0.15) is 0 Å². The third-order valence-corrected chi connectivity index (χ3v) is 3.64. The van der Waals surface area contributed by atoms with Gasteiger partial charge in [0.05, 0.1) is 6.54 Å². The molecule has 1 saturated heterocycles. The predicted octanol–water partition coefficient (Wildman–Crippen LogP) is 0.848. The van der Waals surface area contributed by atoms with Gasteiger partial charge >= 0.3 is 0 Å². The van der Waals surface area contributed by atoms with Crippen molar-refractivity contribution in [2.45, 2.75) is 39.7 Å². The lowest BCUT2D eigenvalue weighted by Crippen LogP contribution is -2.64. The molecule has 0 aliphatic carbocycles. The molecule has 1 fully saturated rings. The SMILES string of the molecule is CCCNc1ncnc(N2CC(=O)NC(=O)C2(C)C)c1C. The van der Waals surface area contributed by atoms with Crippen molar-refractivity contribution in [3.05, 3.63) is 11.9 Å². The van der Waals surface area contributed by atoms with Crippen molar-refractivity contribution in [2.24, 2.45) is 0 Å². The van der Waals surface area contributed by atoms with E-state index < -0.39 is 5.54 Å². The summed E-state index contributed by atoms with van der Waals surface area (Å²) < 4.78 is 0. The number of anilines is 2. The zero-order valence-electron chi connectivity index (χ0n) is 12.9. The van der Waals surface area contributed by atoms with Crippen molar-refractivity contribution in [1.82, 2.24) is 15.3 Å². The highest BCUT2D eigenvalue weighted by Gasteiger charge is 2.42. The zero-order chi connectivity index (χ0) is 15.6. The molecular weight excluding hydrogens is 270 g/mol. The molecule has 2 N–H and O–H groups in total. The standard InChI is InChI=1S/C14H21N5O2/c1-5-6-15-11-9(2)12(17-8-16-11)19-7-10(20)18-13(21)14(19,3)4/h8H,5-7H2,1-4H3,(H,15,16,17)(H,18,20,21). The van der Waals surface area contributed by atoms with Crippen molar-refractivity contribution < 1.29 is 9.59 Å². The van der Waals surface area contributed by atoms with Crippen molar-refractivity contribution in [1.29, 1.82) is 0 Å². The van der Waals surface area contributed by atoms with Crippen LogP contribution in [0.5, 0.6) is 0 Å². The van der Waals surface area contributed by atoms with E-state index in [4.69, 9.17) is 0 Å². The van der Waals surface area contributed by atoms with Crippen LogP contribution in [0.4, 0.5) is 11.6 Å². The Morgan fingerprint density at radius 3 is 2.76 bits per heavy atom. The number of imide groups is 1. The maximum atomic E-state index is 12.0. The lowest BCUT2D eigenvalue weighted by atomic mass is 9.98.